The molecule has 4 heteroatoms. The number of anilines is 1. The molecule has 1 aromatic carbocycles. The molecule has 0 bridgehead atoms. The minimum atomic E-state index is -0.433. The second kappa shape index (κ2) is 6.55. The Labute approximate surface area is 113 Å². The van der Waals surface area contributed by atoms with Crippen molar-refractivity contribution in [2.45, 2.75) is 51.0 Å². The Morgan fingerprint density at radius 2 is 1.79 bits per heavy atom. The molecule has 1 saturated carbocycles. The fraction of sp³-hybridized carbons (Fsp3) is 0.533. The summed E-state index contributed by atoms with van der Waals surface area (Å²) in [6.07, 6.45) is 8.04. The number of halogens is 1. The summed E-state index contributed by atoms with van der Waals surface area (Å²) in [6.45, 7) is 0. The van der Waals surface area contributed by atoms with Gasteiger partial charge in [0.25, 0.3) is 5.91 Å². The predicted molar refractivity (Wildman–Crippen MR) is 74.4 cm³/mol. The molecule has 0 aromatic heterocycles. The smallest absolute Gasteiger partial charge is 0.253 e. The number of hydrogen-bond acceptors (Lipinski definition) is 2. The van der Waals surface area contributed by atoms with Crippen LogP contribution in [0.3, 0.4) is 0 Å². The maximum atomic E-state index is 13.2. The third-order valence-electron chi connectivity index (χ3n) is 3.70. The summed E-state index contributed by atoms with van der Waals surface area (Å²) in [6, 6.07) is 4.09. The van der Waals surface area contributed by atoms with Crippen molar-refractivity contribution in [3.63, 3.8) is 0 Å². The SMILES string of the molecule is Nc1ccc(F)cc1C(=O)NC1CCCCCCC1. The normalized spacial score (nSPS) is 17.5. The van der Waals surface area contributed by atoms with E-state index in [-0.39, 0.29) is 17.5 Å². The van der Waals surface area contributed by atoms with Gasteiger partial charge in [-0.1, -0.05) is 32.1 Å². The van der Waals surface area contributed by atoms with Gasteiger partial charge in [0.1, 0.15) is 5.82 Å². The van der Waals surface area contributed by atoms with E-state index in [0.717, 1.165) is 25.7 Å². The van der Waals surface area contributed by atoms with Crippen LogP contribution in [0, 0.1) is 5.82 Å². The molecule has 104 valence electrons. The molecule has 0 radical (unpaired) electrons. The number of nitrogens with two attached hydrogens (primary N) is 1. The van der Waals surface area contributed by atoms with Gasteiger partial charge in [-0.2, -0.15) is 0 Å². The topological polar surface area (TPSA) is 55.1 Å². The first-order chi connectivity index (χ1) is 9.16. The number of carbonyl (C=O) groups excluding carboxylic acids is 1. The lowest BCUT2D eigenvalue weighted by Crippen LogP contribution is -2.35. The number of amides is 1. The fourth-order valence-corrected chi connectivity index (χ4v) is 2.59. The summed E-state index contributed by atoms with van der Waals surface area (Å²) >= 11 is 0. The van der Waals surface area contributed by atoms with Crippen molar-refractivity contribution < 1.29 is 9.18 Å². The average molecular weight is 264 g/mol. The zero-order valence-electron chi connectivity index (χ0n) is 11.1. The highest BCUT2D eigenvalue weighted by Gasteiger charge is 2.17. The van der Waals surface area contributed by atoms with Gasteiger partial charge in [0, 0.05) is 11.7 Å². The summed E-state index contributed by atoms with van der Waals surface area (Å²) in [4.78, 5) is 12.1. The van der Waals surface area contributed by atoms with Crippen LogP contribution in [-0.4, -0.2) is 11.9 Å². The Morgan fingerprint density at radius 1 is 1.16 bits per heavy atom. The van der Waals surface area contributed by atoms with Crippen molar-refractivity contribution in [3.8, 4) is 0 Å². The van der Waals surface area contributed by atoms with Crippen LogP contribution in [0.4, 0.5) is 10.1 Å². The third-order valence-corrected chi connectivity index (χ3v) is 3.70. The first-order valence-corrected chi connectivity index (χ1v) is 7.02. The highest BCUT2D eigenvalue weighted by Crippen LogP contribution is 2.19. The highest BCUT2D eigenvalue weighted by atomic mass is 19.1. The molecule has 0 unspecified atom stereocenters. The lowest BCUT2D eigenvalue weighted by molar-refractivity contribution is 0.0931. The van der Waals surface area contributed by atoms with E-state index < -0.39 is 5.82 Å². The molecule has 3 nitrogen and oxygen atoms in total. The summed E-state index contributed by atoms with van der Waals surface area (Å²) in [5.74, 6) is -0.695. The average Bonchev–Trinajstić information content (AvgIpc) is 2.35. The molecule has 0 spiro atoms. The molecule has 1 amide bonds. The summed E-state index contributed by atoms with van der Waals surface area (Å²) in [5.41, 5.74) is 6.29. The standard InChI is InChI=1S/C15H21FN2O/c16-11-8-9-14(17)13(10-11)15(19)18-12-6-4-2-1-3-5-7-12/h8-10,12H,1-7,17H2,(H,18,19). The second-order valence-electron chi connectivity index (χ2n) is 5.25. The molecule has 19 heavy (non-hydrogen) atoms. The van der Waals surface area contributed by atoms with Crippen LogP contribution >= 0.6 is 0 Å². The predicted octanol–water partition coefficient (Wildman–Crippen LogP) is 3.25. The van der Waals surface area contributed by atoms with Gasteiger partial charge in [-0.05, 0) is 31.0 Å². The van der Waals surface area contributed by atoms with Crippen molar-refractivity contribution >= 4 is 11.6 Å². The Balaban J connectivity index is 2.00. The van der Waals surface area contributed by atoms with E-state index in [1.807, 2.05) is 0 Å². The van der Waals surface area contributed by atoms with E-state index in [2.05, 4.69) is 5.32 Å². The molecule has 0 saturated heterocycles. The third kappa shape index (κ3) is 3.94. The molecule has 0 atom stereocenters. The lowest BCUT2D eigenvalue weighted by atomic mass is 9.96. The number of rotatable bonds is 2. The Kier molecular flexibility index (Phi) is 4.77. The van der Waals surface area contributed by atoms with Crippen LogP contribution in [0.5, 0.6) is 0 Å². The van der Waals surface area contributed by atoms with Crippen molar-refractivity contribution in [2.24, 2.45) is 0 Å². The van der Waals surface area contributed by atoms with E-state index in [9.17, 15) is 9.18 Å². The molecule has 0 heterocycles. The molecular formula is C15H21FN2O. The van der Waals surface area contributed by atoms with Crippen molar-refractivity contribution in [2.75, 3.05) is 5.73 Å². The minimum Gasteiger partial charge on any atom is -0.398 e. The van der Waals surface area contributed by atoms with Crippen molar-refractivity contribution in [1.82, 2.24) is 5.32 Å². The number of hydrogen-bond donors (Lipinski definition) is 2. The van der Waals surface area contributed by atoms with Gasteiger partial charge in [0.2, 0.25) is 0 Å². The van der Waals surface area contributed by atoms with Crippen molar-refractivity contribution in [1.29, 1.82) is 0 Å². The molecular weight excluding hydrogens is 243 g/mol. The van der Waals surface area contributed by atoms with Gasteiger partial charge in [0.15, 0.2) is 0 Å². The largest absolute Gasteiger partial charge is 0.398 e. The fourth-order valence-electron chi connectivity index (χ4n) is 2.59. The van der Waals surface area contributed by atoms with Crippen molar-refractivity contribution in [3.05, 3.63) is 29.6 Å². The Morgan fingerprint density at radius 3 is 2.47 bits per heavy atom. The van der Waals surface area contributed by atoms with Gasteiger partial charge >= 0.3 is 0 Å². The molecule has 2 rings (SSSR count). The number of nitrogen functional groups attached to an aromatic ring is 1. The quantitative estimate of drug-likeness (QED) is 0.806. The van der Waals surface area contributed by atoms with Crippen LogP contribution in [-0.2, 0) is 0 Å². The zero-order chi connectivity index (χ0) is 13.7. The van der Waals surface area contributed by atoms with Crippen LogP contribution in [0.15, 0.2) is 18.2 Å². The Bertz CT molecular complexity index is 440. The molecule has 1 fully saturated rings. The number of carbonyl (C=O) groups is 1. The first kappa shape index (κ1) is 13.8. The van der Waals surface area contributed by atoms with Gasteiger partial charge < -0.3 is 11.1 Å². The zero-order valence-corrected chi connectivity index (χ0v) is 11.1. The van der Waals surface area contributed by atoms with Gasteiger partial charge in [0.05, 0.1) is 5.56 Å². The number of nitrogens with one attached hydrogen (secondary N) is 1. The van der Waals surface area contributed by atoms with Gasteiger partial charge in [-0.25, -0.2) is 4.39 Å². The molecule has 0 aliphatic heterocycles. The summed E-state index contributed by atoms with van der Waals surface area (Å²) in [5, 5.41) is 2.99. The van der Waals surface area contributed by atoms with E-state index in [1.54, 1.807) is 0 Å². The Hall–Kier alpha value is -1.58. The van der Waals surface area contributed by atoms with E-state index >= 15 is 0 Å². The number of benzene rings is 1. The lowest BCUT2D eigenvalue weighted by Gasteiger charge is -2.21. The van der Waals surface area contributed by atoms with E-state index in [1.165, 1.54) is 37.5 Å². The minimum absolute atomic E-state index is 0.190. The maximum Gasteiger partial charge on any atom is 0.253 e. The summed E-state index contributed by atoms with van der Waals surface area (Å²) in [7, 11) is 0. The monoisotopic (exact) mass is 264 g/mol. The summed E-state index contributed by atoms with van der Waals surface area (Å²) < 4.78 is 13.2. The van der Waals surface area contributed by atoms with Crippen LogP contribution in [0.2, 0.25) is 0 Å². The molecule has 1 aliphatic rings. The van der Waals surface area contributed by atoms with E-state index in [4.69, 9.17) is 5.73 Å². The molecule has 1 aromatic rings. The second-order valence-corrected chi connectivity index (χ2v) is 5.25. The molecule has 1 aliphatic carbocycles. The highest BCUT2D eigenvalue weighted by molar-refractivity contribution is 5.99. The maximum absolute atomic E-state index is 13.2. The van der Waals surface area contributed by atoms with Crippen LogP contribution in [0.25, 0.3) is 0 Å². The van der Waals surface area contributed by atoms with Crippen LogP contribution in [0.1, 0.15) is 55.3 Å². The first-order valence-electron chi connectivity index (χ1n) is 7.02. The van der Waals surface area contributed by atoms with Gasteiger partial charge in [-0.15, -0.1) is 0 Å². The molecule has 3 N–H and O–H groups in total. The van der Waals surface area contributed by atoms with Gasteiger partial charge in [-0.3, -0.25) is 4.79 Å². The van der Waals surface area contributed by atoms with E-state index in [0.29, 0.717) is 5.69 Å². The van der Waals surface area contributed by atoms with Crippen LogP contribution < -0.4 is 11.1 Å².